The third-order valence-electron chi connectivity index (χ3n) is 2.66. The van der Waals surface area contributed by atoms with Crippen LogP contribution >= 0.6 is 8.15 Å². The van der Waals surface area contributed by atoms with E-state index < -0.39 is 0 Å². The first-order valence-corrected chi connectivity index (χ1v) is 7.95. The van der Waals surface area contributed by atoms with Crippen molar-refractivity contribution in [2.75, 3.05) is 12.3 Å². The first kappa shape index (κ1) is 13.5. The Hall–Kier alpha value is -0.550. The van der Waals surface area contributed by atoms with E-state index in [9.17, 15) is 0 Å². The first-order valence-electron chi connectivity index (χ1n) is 6.32. The van der Waals surface area contributed by atoms with Crippen LogP contribution in [0.4, 0.5) is 0 Å². The monoisotopic (exact) mass is 238 g/mol. The lowest BCUT2D eigenvalue weighted by molar-refractivity contribution is 0.612. The van der Waals surface area contributed by atoms with Crippen LogP contribution in [0.3, 0.4) is 0 Å². The molecule has 0 spiro atoms. The van der Waals surface area contributed by atoms with Crippen molar-refractivity contribution in [1.82, 2.24) is 0 Å². The molecule has 0 fully saturated rings. The zero-order valence-corrected chi connectivity index (χ0v) is 11.6. The molecule has 1 aromatic carbocycles. The summed E-state index contributed by atoms with van der Waals surface area (Å²) in [4.78, 5) is 0. The molecule has 0 N–H and O–H groups in total. The Kier molecular flexibility index (Phi) is 6.49. The van der Waals surface area contributed by atoms with Gasteiger partial charge in [-0.15, -0.1) is 0 Å². The van der Waals surface area contributed by atoms with E-state index in [1.165, 1.54) is 24.8 Å². The highest BCUT2D eigenvalue weighted by atomic mass is 31.1. The molecule has 0 aromatic heterocycles. The highest BCUT2D eigenvalue weighted by Crippen LogP contribution is 2.37. The highest BCUT2D eigenvalue weighted by molar-refractivity contribution is 7.52. The van der Waals surface area contributed by atoms with Crippen molar-refractivity contribution in [2.24, 2.45) is 0 Å². The Morgan fingerprint density at radius 2 is 1.88 bits per heavy atom. The van der Waals surface area contributed by atoms with Crippen LogP contribution in [0.25, 0.3) is 0 Å². The van der Waals surface area contributed by atoms with Gasteiger partial charge in [0.25, 0.3) is 0 Å². The predicted octanol–water partition coefficient (Wildman–Crippen LogP) is 4.84. The molecule has 1 aromatic rings. The maximum Gasteiger partial charge on any atom is 0.123 e. The van der Waals surface area contributed by atoms with Crippen molar-refractivity contribution in [2.45, 2.75) is 40.0 Å². The summed E-state index contributed by atoms with van der Waals surface area (Å²) in [7, 11) is -0.258. The van der Waals surface area contributed by atoms with E-state index >= 15 is 0 Å². The van der Waals surface area contributed by atoms with Crippen molar-refractivity contribution >= 4 is 8.15 Å². The number of hydrogen-bond donors (Lipinski definition) is 0. The van der Waals surface area contributed by atoms with Gasteiger partial charge in [0.05, 0.1) is 8.15 Å². The van der Waals surface area contributed by atoms with Crippen molar-refractivity contribution in [3.05, 3.63) is 29.8 Å². The Morgan fingerprint density at radius 1 is 1.12 bits per heavy atom. The lowest BCUT2D eigenvalue weighted by Gasteiger charge is -2.15. The molecule has 1 nitrogen and oxygen atoms in total. The van der Waals surface area contributed by atoms with Gasteiger partial charge in [0.15, 0.2) is 0 Å². The summed E-state index contributed by atoms with van der Waals surface area (Å²) in [5.41, 5.74) is 1.40. The van der Waals surface area contributed by atoms with E-state index in [1.807, 2.05) is 0 Å². The van der Waals surface area contributed by atoms with Crippen LogP contribution < -0.4 is 4.52 Å². The molecule has 0 aliphatic rings. The predicted molar refractivity (Wildman–Crippen MR) is 73.7 cm³/mol. The molecule has 1 rings (SSSR count). The minimum absolute atomic E-state index is 0.258. The summed E-state index contributed by atoms with van der Waals surface area (Å²) in [6, 6.07) is 8.59. The number of hydrogen-bond acceptors (Lipinski definition) is 1. The second-order valence-corrected chi connectivity index (χ2v) is 6.37. The summed E-state index contributed by atoms with van der Waals surface area (Å²) in [6.45, 7) is 6.64. The number of unbranched alkanes of at least 4 members (excludes halogenated alkanes) is 1. The molecule has 0 aliphatic carbocycles. The molecule has 0 heterocycles. The van der Waals surface area contributed by atoms with Crippen molar-refractivity contribution in [3.8, 4) is 5.75 Å². The standard InChI is InChI=1S/C14H23OP/c1-4-7-9-13-10-8-11-14(12-13)15-16(5-2)6-3/h8,10-12H,4-7,9H2,1-3H3. The SMILES string of the molecule is CCCCc1cccc(OP(CC)CC)c1. The molecule has 0 saturated heterocycles. The van der Waals surface area contributed by atoms with Gasteiger partial charge in [0, 0.05) is 12.3 Å². The number of rotatable bonds is 7. The fraction of sp³-hybridized carbons (Fsp3) is 0.571. The van der Waals surface area contributed by atoms with Gasteiger partial charge in [-0.1, -0.05) is 39.3 Å². The van der Waals surface area contributed by atoms with Gasteiger partial charge < -0.3 is 4.52 Å². The third-order valence-corrected chi connectivity index (χ3v) is 4.54. The van der Waals surface area contributed by atoms with Gasteiger partial charge in [0.1, 0.15) is 5.75 Å². The molecule has 0 amide bonds. The smallest absolute Gasteiger partial charge is 0.123 e. The number of aryl methyl sites for hydroxylation is 1. The van der Waals surface area contributed by atoms with E-state index in [-0.39, 0.29) is 8.15 Å². The zero-order chi connectivity index (χ0) is 11.8. The molecule has 0 unspecified atom stereocenters. The summed E-state index contributed by atoms with van der Waals surface area (Å²) < 4.78 is 6.00. The van der Waals surface area contributed by atoms with Gasteiger partial charge in [-0.2, -0.15) is 0 Å². The van der Waals surface area contributed by atoms with Crippen LogP contribution in [-0.2, 0) is 6.42 Å². The molecule has 0 saturated carbocycles. The molecule has 2 heteroatoms. The average molecular weight is 238 g/mol. The largest absolute Gasteiger partial charge is 0.474 e. The summed E-state index contributed by atoms with van der Waals surface area (Å²) >= 11 is 0. The average Bonchev–Trinajstić information content (AvgIpc) is 2.34. The summed E-state index contributed by atoms with van der Waals surface area (Å²) in [5.74, 6) is 1.06. The lowest BCUT2D eigenvalue weighted by atomic mass is 10.1. The molecule has 90 valence electrons. The van der Waals surface area contributed by atoms with Crippen molar-refractivity contribution in [1.29, 1.82) is 0 Å². The van der Waals surface area contributed by atoms with Gasteiger partial charge in [0.2, 0.25) is 0 Å². The lowest BCUT2D eigenvalue weighted by Crippen LogP contribution is -1.93. The van der Waals surface area contributed by atoms with Gasteiger partial charge in [-0.05, 0) is 30.5 Å². The van der Waals surface area contributed by atoms with Gasteiger partial charge >= 0.3 is 0 Å². The van der Waals surface area contributed by atoms with Crippen LogP contribution in [0.5, 0.6) is 5.75 Å². The fourth-order valence-corrected chi connectivity index (χ4v) is 2.76. The Labute approximate surface area is 101 Å². The Bertz CT molecular complexity index is 295. The minimum atomic E-state index is -0.258. The minimum Gasteiger partial charge on any atom is -0.474 e. The van der Waals surface area contributed by atoms with Crippen LogP contribution in [0.15, 0.2) is 24.3 Å². The maximum atomic E-state index is 6.00. The van der Waals surface area contributed by atoms with Gasteiger partial charge in [-0.3, -0.25) is 0 Å². The molecule has 0 atom stereocenters. The normalized spacial score (nSPS) is 10.8. The second-order valence-electron chi connectivity index (χ2n) is 3.96. The van der Waals surface area contributed by atoms with E-state index in [2.05, 4.69) is 45.0 Å². The van der Waals surface area contributed by atoms with Crippen LogP contribution in [0.1, 0.15) is 39.2 Å². The molecular weight excluding hydrogens is 215 g/mol. The van der Waals surface area contributed by atoms with Crippen molar-refractivity contribution < 1.29 is 4.52 Å². The first-order chi connectivity index (χ1) is 7.80. The quantitative estimate of drug-likeness (QED) is 0.617. The Balaban J connectivity index is 2.59. The molecule has 0 bridgehead atoms. The second kappa shape index (κ2) is 7.68. The maximum absolute atomic E-state index is 6.00. The number of benzene rings is 1. The van der Waals surface area contributed by atoms with E-state index in [1.54, 1.807) is 0 Å². The third kappa shape index (κ3) is 4.53. The van der Waals surface area contributed by atoms with E-state index in [0.29, 0.717) is 0 Å². The van der Waals surface area contributed by atoms with E-state index in [4.69, 9.17) is 4.52 Å². The summed E-state index contributed by atoms with van der Waals surface area (Å²) in [6.07, 6.45) is 5.97. The Morgan fingerprint density at radius 3 is 2.50 bits per heavy atom. The molecule has 16 heavy (non-hydrogen) atoms. The van der Waals surface area contributed by atoms with Crippen LogP contribution in [-0.4, -0.2) is 12.3 Å². The fourth-order valence-electron chi connectivity index (χ4n) is 1.64. The topological polar surface area (TPSA) is 9.23 Å². The van der Waals surface area contributed by atoms with E-state index in [0.717, 1.165) is 18.1 Å². The summed E-state index contributed by atoms with van der Waals surface area (Å²) in [5, 5.41) is 0. The molecule has 0 aliphatic heterocycles. The molecule has 0 radical (unpaired) electrons. The molecular formula is C14H23OP. The van der Waals surface area contributed by atoms with Crippen molar-refractivity contribution in [3.63, 3.8) is 0 Å². The van der Waals surface area contributed by atoms with Crippen LogP contribution in [0.2, 0.25) is 0 Å². The van der Waals surface area contributed by atoms with Crippen LogP contribution in [0, 0.1) is 0 Å². The van der Waals surface area contributed by atoms with Gasteiger partial charge in [-0.25, -0.2) is 0 Å². The highest BCUT2D eigenvalue weighted by Gasteiger charge is 2.05. The zero-order valence-electron chi connectivity index (χ0n) is 10.7.